The molecule has 1 atom stereocenters. The molecule has 0 bridgehead atoms. The van der Waals surface area contributed by atoms with Crippen LogP contribution >= 0.6 is 15.9 Å². The summed E-state index contributed by atoms with van der Waals surface area (Å²) in [5, 5.41) is 0.721. The Kier molecular flexibility index (Phi) is 5.40. The minimum atomic E-state index is -3.09. The monoisotopic (exact) mass is 362 g/mol. The number of hydrogen-bond donors (Lipinski definition) is 0. The van der Waals surface area contributed by atoms with Crippen molar-refractivity contribution in [3.8, 4) is 5.75 Å². The van der Waals surface area contributed by atoms with Crippen LogP contribution in [0.1, 0.15) is 18.5 Å². The molecular weight excluding hydrogens is 344 g/mol. The zero-order valence-electron chi connectivity index (χ0n) is 11.5. The van der Waals surface area contributed by atoms with Crippen LogP contribution in [-0.4, -0.2) is 43.7 Å². The Labute approximate surface area is 128 Å². The molecule has 1 aliphatic rings. The first kappa shape index (κ1) is 15.7. The molecule has 1 fully saturated rings. The fourth-order valence-corrected chi connectivity index (χ4v) is 3.53. The molecule has 1 saturated heterocycles. The first-order valence-corrected chi connectivity index (χ1v) is 9.55. The van der Waals surface area contributed by atoms with Gasteiger partial charge in [0.1, 0.15) is 5.75 Å². The Morgan fingerprint density at radius 3 is 2.90 bits per heavy atom. The van der Waals surface area contributed by atoms with Crippen LogP contribution in [0.2, 0.25) is 0 Å². The van der Waals surface area contributed by atoms with Gasteiger partial charge in [-0.15, -0.1) is 0 Å². The van der Waals surface area contributed by atoms with Crippen LogP contribution in [0.5, 0.6) is 5.75 Å². The Morgan fingerprint density at radius 1 is 1.50 bits per heavy atom. The summed E-state index contributed by atoms with van der Waals surface area (Å²) >= 11 is 3.34. The molecule has 0 radical (unpaired) electrons. The molecular formula is C13H19BrN2O3S. The van der Waals surface area contributed by atoms with Gasteiger partial charge in [-0.05, 0) is 25.0 Å². The molecule has 1 aliphatic heterocycles. The Bertz CT molecular complexity index is 533. The predicted molar refractivity (Wildman–Crippen MR) is 81.5 cm³/mol. The van der Waals surface area contributed by atoms with Crippen molar-refractivity contribution in [3.63, 3.8) is 0 Å². The van der Waals surface area contributed by atoms with Crippen molar-refractivity contribution < 1.29 is 13.2 Å². The van der Waals surface area contributed by atoms with E-state index in [1.807, 2.05) is 12.1 Å². The Hall–Kier alpha value is -0.660. The molecule has 7 heteroatoms. The number of piperidine rings is 1. The standard InChI is InChI=1S/C13H19BrN2O3S/c1-20(17,18)16-6-2-3-11(9-16)10-19-13-5-4-12(7-14)15-8-13/h4-5,8,11H,2-3,6-7,9-10H2,1H3. The second-order valence-electron chi connectivity index (χ2n) is 5.06. The molecule has 5 nitrogen and oxygen atoms in total. The minimum Gasteiger partial charge on any atom is -0.492 e. The molecule has 0 N–H and O–H groups in total. The minimum absolute atomic E-state index is 0.245. The van der Waals surface area contributed by atoms with Gasteiger partial charge in [0.05, 0.1) is 24.8 Å². The van der Waals surface area contributed by atoms with E-state index in [-0.39, 0.29) is 5.92 Å². The van der Waals surface area contributed by atoms with Gasteiger partial charge in [-0.2, -0.15) is 0 Å². The van der Waals surface area contributed by atoms with Crippen LogP contribution < -0.4 is 4.74 Å². The number of rotatable bonds is 5. The maximum atomic E-state index is 11.5. The van der Waals surface area contributed by atoms with Crippen molar-refractivity contribution >= 4 is 26.0 Å². The first-order chi connectivity index (χ1) is 9.49. The number of pyridine rings is 1. The first-order valence-electron chi connectivity index (χ1n) is 6.58. The highest BCUT2D eigenvalue weighted by Gasteiger charge is 2.26. The summed E-state index contributed by atoms with van der Waals surface area (Å²) in [7, 11) is -3.09. The number of nitrogens with zero attached hydrogens (tertiary/aromatic N) is 2. The van der Waals surface area contributed by atoms with E-state index in [9.17, 15) is 8.42 Å². The van der Waals surface area contributed by atoms with Crippen LogP contribution in [0.15, 0.2) is 18.3 Å². The number of aromatic nitrogens is 1. The smallest absolute Gasteiger partial charge is 0.211 e. The number of hydrogen-bond acceptors (Lipinski definition) is 4. The summed E-state index contributed by atoms with van der Waals surface area (Å²) in [5.74, 6) is 0.973. The predicted octanol–water partition coefficient (Wildman–Crippen LogP) is 2.03. The third kappa shape index (κ3) is 4.43. The zero-order chi connectivity index (χ0) is 14.6. The molecule has 1 aromatic heterocycles. The topological polar surface area (TPSA) is 59.5 Å². The zero-order valence-corrected chi connectivity index (χ0v) is 13.9. The van der Waals surface area contributed by atoms with Gasteiger partial charge < -0.3 is 4.74 Å². The van der Waals surface area contributed by atoms with Gasteiger partial charge >= 0.3 is 0 Å². The van der Waals surface area contributed by atoms with E-state index in [4.69, 9.17) is 4.74 Å². The number of sulfonamides is 1. The molecule has 0 saturated carbocycles. The fraction of sp³-hybridized carbons (Fsp3) is 0.615. The lowest BCUT2D eigenvalue weighted by molar-refractivity contribution is 0.180. The lowest BCUT2D eigenvalue weighted by Gasteiger charge is -2.30. The van der Waals surface area contributed by atoms with E-state index in [1.165, 1.54) is 10.6 Å². The molecule has 1 unspecified atom stereocenters. The van der Waals surface area contributed by atoms with E-state index in [2.05, 4.69) is 20.9 Å². The van der Waals surface area contributed by atoms with E-state index in [0.717, 1.165) is 29.6 Å². The molecule has 0 aliphatic carbocycles. The maximum Gasteiger partial charge on any atom is 0.211 e. The summed E-state index contributed by atoms with van der Waals surface area (Å²) in [5.41, 5.74) is 0.957. The maximum absolute atomic E-state index is 11.5. The summed E-state index contributed by atoms with van der Waals surface area (Å²) in [6.07, 6.45) is 4.85. The molecule has 0 amide bonds. The van der Waals surface area contributed by atoms with E-state index in [0.29, 0.717) is 19.7 Å². The Morgan fingerprint density at radius 2 is 2.30 bits per heavy atom. The van der Waals surface area contributed by atoms with Gasteiger partial charge in [-0.25, -0.2) is 12.7 Å². The van der Waals surface area contributed by atoms with Crippen molar-refractivity contribution in [3.05, 3.63) is 24.0 Å². The average molecular weight is 363 g/mol. The number of alkyl halides is 1. The number of halogens is 1. The molecule has 20 heavy (non-hydrogen) atoms. The van der Waals surface area contributed by atoms with Gasteiger partial charge in [-0.1, -0.05) is 15.9 Å². The summed E-state index contributed by atoms with van der Waals surface area (Å²) in [4.78, 5) is 4.24. The van der Waals surface area contributed by atoms with Gasteiger partial charge in [0.25, 0.3) is 0 Å². The van der Waals surface area contributed by atoms with Gasteiger partial charge in [-0.3, -0.25) is 4.98 Å². The molecule has 0 spiro atoms. The van der Waals surface area contributed by atoms with Crippen molar-refractivity contribution in [2.75, 3.05) is 26.0 Å². The molecule has 2 rings (SSSR count). The Balaban J connectivity index is 1.87. The van der Waals surface area contributed by atoms with Gasteiger partial charge in [0, 0.05) is 24.3 Å². The molecule has 2 heterocycles. The average Bonchev–Trinajstić information content (AvgIpc) is 2.45. The van der Waals surface area contributed by atoms with Crippen LogP contribution in [0, 0.1) is 5.92 Å². The third-order valence-corrected chi connectivity index (χ3v) is 5.22. The second-order valence-corrected chi connectivity index (χ2v) is 7.60. The van der Waals surface area contributed by atoms with E-state index < -0.39 is 10.0 Å². The van der Waals surface area contributed by atoms with Gasteiger partial charge in [0.2, 0.25) is 10.0 Å². The quantitative estimate of drug-likeness (QED) is 0.751. The van der Waals surface area contributed by atoms with E-state index in [1.54, 1.807) is 6.20 Å². The number of ether oxygens (including phenoxy) is 1. The van der Waals surface area contributed by atoms with Crippen molar-refractivity contribution in [2.24, 2.45) is 5.92 Å². The normalized spacial score (nSPS) is 20.8. The van der Waals surface area contributed by atoms with Gasteiger partial charge in [0.15, 0.2) is 0 Å². The lowest BCUT2D eigenvalue weighted by atomic mass is 10.0. The molecule has 1 aromatic rings. The molecule has 0 aromatic carbocycles. The lowest BCUT2D eigenvalue weighted by Crippen LogP contribution is -2.40. The van der Waals surface area contributed by atoms with Crippen LogP contribution in [0.4, 0.5) is 0 Å². The third-order valence-electron chi connectivity index (χ3n) is 3.37. The summed E-state index contributed by atoms with van der Waals surface area (Å²) < 4.78 is 30.3. The van der Waals surface area contributed by atoms with Crippen molar-refractivity contribution in [1.82, 2.24) is 9.29 Å². The fourth-order valence-electron chi connectivity index (χ4n) is 2.25. The van der Waals surface area contributed by atoms with Crippen molar-refractivity contribution in [2.45, 2.75) is 18.2 Å². The van der Waals surface area contributed by atoms with Crippen molar-refractivity contribution in [1.29, 1.82) is 0 Å². The summed E-state index contributed by atoms with van der Waals surface area (Å²) in [6, 6.07) is 3.80. The summed E-state index contributed by atoms with van der Waals surface area (Å²) in [6.45, 7) is 1.70. The van der Waals surface area contributed by atoms with Crippen LogP contribution in [-0.2, 0) is 15.4 Å². The SMILES string of the molecule is CS(=O)(=O)N1CCCC(COc2ccc(CBr)nc2)C1. The second kappa shape index (κ2) is 6.87. The van der Waals surface area contributed by atoms with Crippen LogP contribution in [0.25, 0.3) is 0 Å². The highest BCUT2D eigenvalue weighted by Crippen LogP contribution is 2.20. The largest absolute Gasteiger partial charge is 0.492 e. The highest BCUT2D eigenvalue weighted by molar-refractivity contribution is 9.08. The highest BCUT2D eigenvalue weighted by atomic mass is 79.9. The van der Waals surface area contributed by atoms with Crippen LogP contribution in [0.3, 0.4) is 0 Å². The molecule has 112 valence electrons. The van der Waals surface area contributed by atoms with E-state index >= 15 is 0 Å².